The predicted molar refractivity (Wildman–Crippen MR) is 194 cm³/mol. The fourth-order valence-corrected chi connectivity index (χ4v) is 5.43. The average Bonchev–Trinajstić information content (AvgIpc) is 3.14. The Balaban J connectivity index is 1.01. The standard InChI is InChI=1S/C37H51FN6O9/c1-37(2,3)53-36(48)40-11-17-50-19-21-52-23-22-51-20-18-49-16-10-39-26-33(45)43-12-14-44(15-13-43)35(47)30-24-27(8-9-31(30)38)25-32-28-6-4-5-7-29(28)34(46)42-41-32/h4-9,24,39H,10-23,25-26H2,1-3H3,(H,40,48)(H,42,46). The quantitative estimate of drug-likeness (QED) is 0.145. The first-order valence-electron chi connectivity index (χ1n) is 17.8. The molecule has 1 saturated heterocycles. The van der Waals surface area contributed by atoms with Crippen LogP contribution < -0.4 is 16.2 Å². The van der Waals surface area contributed by atoms with Crippen molar-refractivity contribution in [1.82, 2.24) is 30.6 Å². The van der Waals surface area contributed by atoms with Gasteiger partial charge in [0.1, 0.15) is 11.4 Å². The maximum atomic E-state index is 14.8. The second-order valence-corrected chi connectivity index (χ2v) is 13.3. The number of nitrogens with zero attached hydrogens (tertiary/aromatic N) is 3. The molecule has 0 bridgehead atoms. The molecule has 0 unspecified atom stereocenters. The van der Waals surface area contributed by atoms with Crippen LogP contribution in [-0.2, 0) is 34.9 Å². The maximum absolute atomic E-state index is 14.8. The van der Waals surface area contributed by atoms with Gasteiger partial charge in [0.05, 0.1) is 76.0 Å². The van der Waals surface area contributed by atoms with Gasteiger partial charge < -0.3 is 44.1 Å². The molecule has 2 heterocycles. The van der Waals surface area contributed by atoms with Crippen molar-refractivity contribution in [1.29, 1.82) is 0 Å². The minimum absolute atomic E-state index is 0.0406. The van der Waals surface area contributed by atoms with E-state index in [1.807, 2.05) is 12.1 Å². The van der Waals surface area contributed by atoms with Crippen molar-refractivity contribution in [2.45, 2.75) is 32.8 Å². The number of H-pyrrole nitrogens is 1. The molecule has 1 fully saturated rings. The summed E-state index contributed by atoms with van der Waals surface area (Å²) in [6.45, 7) is 10.9. The summed E-state index contributed by atoms with van der Waals surface area (Å²) in [5.74, 6) is -1.14. The number of piperazine rings is 1. The van der Waals surface area contributed by atoms with Crippen LogP contribution in [0.1, 0.15) is 42.4 Å². The van der Waals surface area contributed by atoms with E-state index < -0.39 is 23.4 Å². The van der Waals surface area contributed by atoms with Gasteiger partial charge in [0, 0.05) is 51.1 Å². The van der Waals surface area contributed by atoms with Crippen LogP contribution in [0, 0.1) is 5.82 Å². The zero-order valence-electron chi connectivity index (χ0n) is 30.7. The van der Waals surface area contributed by atoms with E-state index in [2.05, 4.69) is 20.8 Å². The second-order valence-electron chi connectivity index (χ2n) is 13.3. The van der Waals surface area contributed by atoms with Gasteiger partial charge in [-0.2, -0.15) is 5.10 Å². The average molecular weight is 743 g/mol. The van der Waals surface area contributed by atoms with E-state index in [-0.39, 0.29) is 36.7 Å². The summed E-state index contributed by atoms with van der Waals surface area (Å²) in [6.07, 6.45) is -0.169. The molecule has 1 aliphatic rings. The van der Waals surface area contributed by atoms with E-state index in [0.717, 1.165) is 0 Å². The summed E-state index contributed by atoms with van der Waals surface area (Å²) >= 11 is 0. The van der Waals surface area contributed by atoms with Gasteiger partial charge >= 0.3 is 6.09 Å². The number of alkyl carbamates (subject to hydrolysis) is 1. The van der Waals surface area contributed by atoms with Crippen LogP contribution in [0.4, 0.5) is 9.18 Å². The highest BCUT2D eigenvalue weighted by Gasteiger charge is 2.26. The van der Waals surface area contributed by atoms with Crippen molar-refractivity contribution < 1.29 is 42.5 Å². The molecule has 0 aliphatic carbocycles. The Morgan fingerprint density at radius 3 is 2.04 bits per heavy atom. The molecule has 16 heteroatoms. The van der Waals surface area contributed by atoms with Gasteiger partial charge in [-0.3, -0.25) is 14.4 Å². The molecule has 3 aromatic rings. The van der Waals surface area contributed by atoms with Crippen LogP contribution >= 0.6 is 0 Å². The summed E-state index contributed by atoms with van der Waals surface area (Å²) in [7, 11) is 0. The Bertz CT molecular complexity index is 1690. The number of carbonyl (C=O) groups excluding carboxylic acids is 3. The summed E-state index contributed by atoms with van der Waals surface area (Å²) in [5.41, 5.74) is 0.437. The van der Waals surface area contributed by atoms with E-state index in [1.54, 1.807) is 48.8 Å². The van der Waals surface area contributed by atoms with Crippen molar-refractivity contribution in [2.24, 2.45) is 0 Å². The lowest BCUT2D eigenvalue weighted by Gasteiger charge is -2.35. The third kappa shape index (κ3) is 14.1. The molecule has 0 radical (unpaired) electrons. The molecule has 1 aliphatic heterocycles. The fourth-order valence-electron chi connectivity index (χ4n) is 5.43. The third-order valence-corrected chi connectivity index (χ3v) is 8.06. The van der Waals surface area contributed by atoms with Crippen molar-refractivity contribution in [3.8, 4) is 0 Å². The largest absolute Gasteiger partial charge is 0.444 e. The van der Waals surface area contributed by atoms with Gasteiger partial charge in [-0.15, -0.1) is 0 Å². The second kappa shape index (κ2) is 21.3. The van der Waals surface area contributed by atoms with Gasteiger partial charge in [-0.25, -0.2) is 14.3 Å². The van der Waals surface area contributed by atoms with E-state index in [1.165, 1.54) is 12.1 Å². The summed E-state index contributed by atoms with van der Waals surface area (Å²) < 4.78 is 41.8. The monoisotopic (exact) mass is 742 g/mol. The van der Waals surface area contributed by atoms with Crippen LogP contribution in [-0.4, -0.2) is 142 Å². The Labute approximate surface area is 308 Å². The van der Waals surface area contributed by atoms with E-state index in [9.17, 15) is 23.6 Å². The van der Waals surface area contributed by atoms with Crippen LogP contribution in [0.25, 0.3) is 10.8 Å². The number of nitrogens with one attached hydrogen (secondary N) is 3. The number of benzene rings is 2. The van der Waals surface area contributed by atoms with Gasteiger partial charge in [-0.05, 0) is 44.5 Å². The van der Waals surface area contributed by atoms with Gasteiger partial charge in [0.15, 0.2) is 0 Å². The molecule has 0 atom stereocenters. The number of hydrogen-bond donors (Lipinski definition) is 3. The number of fused-ring (bicyclic) bond motifs is 1. The van der Waals surface area contributed by atoms with Gasteiger partial charge in [0.25, 0.3) is 11.5 Å². The third-order valence-electron chi connectivity index (χ3n) is 8.06. The molecular weight excluding hydrogens is 691 g/mol. The normalized spacial score (nSPS) is 13.4. The molecule has 290 valence electrons. The van der Waals surface area contributed by atoms with Crippen molar-refractivity contribution in [2.75, 3.05) is 98.7 Å². The van der Waals surface area contributed by atoms with Crippen LogP contribution in [0.15, 0.2) is 47.3 Å². The predicted octanol–water partition coefficient (Wildman–Crippen LogP) is 2.12. The molecule has 53 heavy (non-hydrogen) atoms. The molecule has 4 rings (SSSR count). The SMILES string of the molecule is CC(C)(C)OC(=O)NCCOCCOCCOCCOCCNCC(=O)N1CCN(C(=O)c2cc(Cc3n[nH]c(=O)c4ccccc34)ccc2F)CC1. The first-order chi connectivity index (χ1) is 25.5. The Morgan fingerprint density at radius 2 is 1.40 bits per heavy atom. The topological polar surface area (TPSA) is 174 Å². The number of ether oxygens (including phenoxy) is 5. The highest BCUT2D eigenvalue weighted by molar-refractivity contribution is 5.95. The number of aromatic nitrogens is 2. The highest BCUT2D eigenvalue weighted by atomic mass is 19.1. The first kappa shape index (κ1) is 41.3. The Kier molecular flexibility index (Phi) is 16.6. The number of aromatic amines is 1. The van der Waals surface area contributed by atoms with E-state index in [0.29, 0.717) is 107 Å². The molecule has 0 saturated carbocycles. The number of amides is 3. The van der Waals surface area contributed by atoms with Crippen LogP contribution in [0.2, 0.25) is 0 Å². The summed E-state index contributed by atoms with van der Waals surface area (Å²) in [5, 5.41) is 13.6. The minimum Gasteiger partial charge on any atom is -0.444 e. The fraction of sp³-hybridized carbons (Fsp3) is 0.541. The van der Waals surface area contributed by atoms with Crippen molar-refractivity contribution >= 4 is 28.7 Å². The molecule has 15 nitrogen and oxygen atoms in total. The minimum atomic E-state index is -0.620. The molecule has 1 aromatic heterocycles. The summed E-state index contributed by atoms with van der Waals surface area (Å²) in [4.78, 5) is 52.9. The molecule has 2 aromatic carbocycles. The Hall–Kier alpha value is -4.48. The molecular formula is C37H51FN6O9. The highest BCUT2D eigenvalue weighted by Crippen LogP contribution is 2.20. The zero-order valence-corrected chi connectivity index (χ0v) is 30.7. The maximum Gasteiger partial charge on any atom is 0.407 e. The van der Waals surface area contributed by atoms with Crippen molar-refractivity contribution in [3.05, 3.63) is 75.5 Å². The van der Waals surface area contributed by atoms with Crippen molar-refractivity contribution in [3.63, 3.8) is 0 Å². The van der Waals surface area contributed by atoms with Crippen LogP contribution in [0.5, 0.6) is 0 Å². The number of halogens is 1. The first-order valence-corrected chi connectivity index (χ1v) is 17.8. The smallest absolute Gasteiger partial charge is 0.407 e. The lowest BCUT2D eigenvalue weighted by Crippen LogP contribution is -2.52. The van der Waals surface area contributed by atoms with Gasteiger partial charge in [-0.1, -0.05) is 24.3 Å². The molecule has 3 N–H and O–H groups in total. The van der Waals surface area contributed by atoms with Gasteiger partial charge in [0.2, 0.25) is 5.91 Å². The zero-order chi connectivity index (χ0) is 38.1. The lowest BCUT2D eigenvalue weighted by atomic mass is 10.0. The lowest BCUT2D eigenvalue weighted by molar-refractivity contribution is -0.131. The number of rotatable bonds is 20. The summed E-state index contributed by atoms with van der Waals surface area (Å²) in [6, 6.07) is 11.5. The van der Waals surface area contributed by atoms with Crippen LogP contribution in [0.3, 0.4) is 0 Å². The molecule has 0 spiro atoms. The Morgan fingerprint density at radius 1 is 0.811 bits per heavy atom. The number of hydrogen-bond acceptors (Lipinski definition) is 11. The number of carbonyl (C=O) groups is 3. The van der Waals surface area contributed by atoms with E-state index in [4.69, 9.17) is 23.7 Å². The molecule has 3 amide bonds. The van der Waals surface area contributed by atoms with E-state index >= 15 is 0 Å².